The summed E-state index contributed by atoms with van der Waals surface area (Å²) in [7, 11) is 0. The molecule has 2 aromatic carbocycles. The fourth-order valence-corrected chi connectivity index (χ4v) is 3.76. The first-order chi connectivity index (χ1) is 12.4. The highest BCUT2D eigenvalue weighted by Gasteiger charge is 2.14. The Balaban J connectivity index is 1.53. The van der Waals surface area contributed by atoms with Crippen LogP contribution in [0.3, 0.4) is 0 Å². The number of carbonyl (C=O) groups is 2. The minimum absolute atomic E-state index is 0.168. The lowest BCUT2D eigenvalue weighted by atomic mass is 9.98. The second-order valence-electron chi connectivity index (χ2n) is 6.41. The van der Waals surface area contributed by atoms with Crippen LogP contribution in [-0.2, 0) is 16.0 Å². The summed E-state index contributed by atoms with van der Waals surface area (Å²) >= 11 is 1.58. The molecule has 3 aromatic rings. The molecule has 1 heterocycles. The van der Waals surface area contributed by atoms with Gasteiger partial charge in [-0.05, 0) is 55.7 Å². The van der Waals surface area contributed by atoms with E-state index in [0.29, 0.717) is 12.0 Å². The summed E-state index contributed by atoms with van der Waals surface area (Å²) in [5, 5.41) is 0.902. The van der Waals surface area contributed by atoms with Crippen LogP contribution in [0.4, 0.5) is 0 Å². The van der Waals surface area contributed by atoms with Gasteiger partial charge in [0.2, 0.25) is 5.78 Å². The average molecular weight is 367 g/mol. The first-order valence-electron chi connectivity index (χ1n) is 8.55. The van der Waals surface area contributed by atoms with Crippen LogP contribution < -0.4 is 0 Å². The fraction of sp³-hybridized carbons (Fsp3) is 0.286. The van der Waals surface area contributed by atoms with Crippen molar-refractivity contribution in [3.63, 3.8) is 0 Å². The Labute approximate surface area is 156 Å². The Morgan fingerprint density at radius 1 is 1.04 bits per heavy atom. The lowest BCUT2D eigenvalue weighted by Crippen LogP contribution is -2.15. The summed E-state index contributed by atoms with van der Waals surface area (Å²) in [5.41, 5.74) is 4.67. The van der Waals surface area contributed by atoms with Crippen molar-refractivity contribution in [3.05, 3.63) is 63.7 Å². The lowest BCUT2D eigenvalue weighted by Gasteiger charge is -2.09. The maximum absolute atomic E-state index is 12.3. The largest absolute Gasteiger partial charge is 0.457 e. The number of hydrogen-bond acceptors (Lipinski definition) is 5. The number of hydrogen-bond donors (Lipinski definition) is 0. The van der Waals surface area contributed by atoms with E-state index in [4.69, 9.17) is 4.74 Å². The number of benzene rings is 2. The Morgan fingerprint density at radius 3 is 2.54 bits per heavy atom. The highest BCUT2D eigenvalue weighted by atomic mass is 32.1. The van der Waals surface area contributed by atoms with Crippen molar-refractivity contribution in [1.29, 1.82) is 0 Å². The molecule has 0 aliphatic heterocycles. The van der Waals surface area contributed by atoms with E-state index >= 15 is 0 Å². The van der Waals surface area contributed by atoms with E-state index in [1.165, 1.54) is 0 Å². The van der Waals surface area contributed by atoms with Gasteiger partial charge < -0.3 is 4.74 Å². The summed E-state index contributed by atoms with van der Waals surface area (Å²) in [6.45, 7) is 5.66. The second-order valence-corrected chi connectivity index (χ2v) is 7.53. The quantitative estimate of drug-likeness (QED) is 0.473. The molecule has 3 rings (SSSR count). The minimum atomic E-state index is -0.376. The number of Topliss-reactive ketones (excluding diaryl/α,β-unsaturated/α-hetero) is 1. The fourth-order valence-electron chi connectivity index (χ4n) is 2.79. The van der Waals surface area contributed by atoms with Gasteiger partial charge in [0, 0.05) is 12.0 Å². The monoisotopic (exact) mass is 367 g/mol. The van der Waals surface area contributed by atoms with Crippen LogP contribution in [0.15, 0.2) is 36.4 Å². The number of thiazole rings is 1. The molecule has 0 aliphatic rings. The van der Waals surface area contributed by atoms with Gasteiger partial charge >= 0.3 is 5.97 Å². The summed E-state index contributed by atoms with van der Waals surface area (Å²) in [4.78, 5) is 28.8. The molecule has 0 saturated heterocycles. The molecule has 0 fully saturated rings. The highest BCUT2D eigenvalue weighted by Crippen LogP contribution is 2.22. The number of fused-ring (bicyclic) bond motifs is 1. The van der Waals surface area contributed by atoms with Crippen LogP contribution in [0.25, 0.3) is 10.2 Å². The van der Waals surface area contributed by atoms with Gasteiger partial charge in [-0.2, -0.15) is 0 Å². The van der Waals surface area contributed by atoms with Gasteiger partial charge in [0.05, 0.1) is 21.6 Å². The van der Waals surface area contributed by atoms with Crippen LogP contribution in [0.5, 0.6) is 0 Å². The van der Waals surface area contributed by atoms with E-state index < -0.39 is 0 Å². The minimum Gasteiger partial charge on any atom is -0.457 e. The van der Waals surface area contributed by atoms with Gasteiger partial charge in [-0.1, -0.05) is 18.2 Å². The van der Waals surface area contributed by atoms with Crippen LogP contribution in [-0.4, -0.2) is 23.3 Å². The third-order valence-electron chi connectivity index (χ3n) is 4.39. The molecule has 0 saturated carbocycles. The molecule has 0 atom stereocenters. The van der Waals surface area contributed by atoms with Gasteiger partial charge in [0.1, 0.15) is 0 Å². The predicted molar refractivity (Wildman–Crippen MR) is 104 cm³/mol. The zero-order valence-electron chi connectivity index (χ0n) is 15.2. The summed E-state index contributed by atoms with van der Waals surface area (Å²) in [6.07, 6.45) is 0.744. The van der Waals surface area contributed by atoms with Crippen molar-refractivity contribution in [2.75, 3.05) is 6.61 Å². The first-order valence-corrected chi connectivity index (χ1v) is 9.37. The molecule has 134 valence electrons. The van der Waals surface area contributed by atoms with E-state index in [0.717, 1.165) is 31.9 Å². The molecule has 26 heavy (non-hydrogen) atoms. The van der Waals surface area contributed by atoms with E-state index in [2.05, 4.69) is 4.98 Å². The van der Waals surface area contributed by atoms with Crippen LogP contribution in [0.2, 0.25) is 0 Å². The molecule has 0 radical (unpaired) electrons. The molecule has 0 bridgehead atoms. The number of esters is 1. The highest BCUT2D eigenvalue weighted by molar-refractivity contribution is 7.18. The molecule has 4 nitrogen and oxygen atoms in total. The number of nitrogens with zero attached hydrogens (tertiary/aromatic N) is 1. The average Bonchev–Trinajstić information content (AvgIpc) is 3.04. The molecule has 5 heteroatoms. The third kappa shape index (κ3) is 4.17. The normalized spacial score (nSPS) is 10.9. The molecule has 1 aromatic heterocycles. The van der Waals surface area contributed by atoms with E-state index in [1.54, 1.807) is 11.3 Å². The Hall–Kier alpha value is -2.53. The van der Waals surface area contributed by atoms with Crippen molar-refractivity contribution >= 4 is 33.3 Å². The van der Waals surface area contributed by atoms with Crippen LogP contribution in [0.1, 0.15) is 38.5 Å². The summed E-state index contributed by atoms with van der Waals surface area (Å²) < 4.78 is 6.28. The molecular formula is C21H21NO3S. The standard InChI is InChI=1S/C21H21NO3S/c1-13-10-15(3)16(11-14(13)2)18(23)12-25-21(24)9-8-20-22-17-6-4-5-7-19(17)26-20/h4-7,10-11H,8-9,12H2,1-3H3. The van der Waals surface area contributed by atoms with Gasteiger partial charge in [0.25, 0.3) is 0 Å². The van der Waals surface area contributed by atoms with Gasteiger partial charge in [-0.25, -0.2) is 4.98 Å². The predicted octanol–water partition coefficient (Wildman–Crippen LogP) is 4.58. The maximum atomic E-state index is 12.3. The molecular weight excluding hydrogens is 346 g/mol. The van der Waals surface area contributed by atoms with Crippen molar-refractivity contribution in [2.45, 2.75) is 33.6 Å². The van der Waals surface area contributed by atoms with Crippen molar-refractivity contribution < 1.29 is 14.3 Å². The van der Waals surface area contributed by atoms with Crippen molar-refractivity contribution in [1.82, 2.24) is 4.98 Å². The topological polar surface area (TPSA) is 56.3 Å². The smallest absolute Gasteiger partial charge is 0.306 e. The number of para-hydroxylation sites is 1. The lowest BCUT2D eigenvalue weighted by molar-refractivity contribution is -0.142. The number of aryl methyl sites for hydroxylation is 4. The molecule has 0 unspecified atom stereocenters. The number of ether oxygens (including phenoxy) is 1. The van der Waals surface area contributed by atoms with Crippen molar-refractivity contribution in [3.8, 4) is 0 Å². The SMILES string of the molecule is Cc1cc(C)c(C(=O)COC(=O)CCc2nc3ccccc3s2)cc1C. The van der Waals surface area contributed by atoms with E-state index in [1.807, 2.05) is 57.2 Å². The van der Waals surface area contributed by atoms with Crippen molar-refractivity contribution in [2.24, 2.45) is 0 Å². The zero-order valence-corrected chi connectivity index (χ0v) is 16.0. The van der Waals surface area contributed by atoms with Crippen LogP contribution in [0, 0.1) is 20.8 Å². The maximum Gasteiger partial charge on any atom is 0.306 e. The number of ketones is 1. The van der Waals surface area contributed by atoms with Crippen LogP contribution >= 0.6 is 11.3 Å². The van der Waals surface area contributed by atoms with Gasteiger partial charge in [-0.3, -0.25) is 9.59 Å². The molecule has 0 spiro atoms. The van der Waals surface area contributed by atoms with E-state index in [9.17, 15) is 9.59 Å². The Morgan fingerprint density at radius 2 is 1.77 bits per heavy atom. The molecule has 0 amide bonds. The first kappa shape index (κ1) is 18.3. The number of carbonyl (C=O) groups excluding carboxylic acids is 2. The number of aromatic nitrogens is 1. The van der Waals surface area contributed by atoms with E-state index in [-0.39, 0.29) is 24.8 Å². The Bertz CT molecular complexity index is 942. The Kier molecular flexibility index (Phi) is 5.47. The number of rotatable bonds is 6. The van der Waals surface area contributed by atoms with Gasteiger partial charge in [-0.15, -0.1) is 11.3 Å². The second kappa shape index (κ2) is 7.79. The summed E-state index contributed by atoms with van der Waals surface area (Å²) in [5.74, 6) is -0.543. The summed E-state index contributed by atoms with van der Waals surface area (Å²) in [6, 6.07) is 11.7. The zero-order chi connectivity index (χ0) is 18.7. The van der Waals surface area contributed by atoms with Gasteiger partial charge in [0.15, 0.2) is 6.61 Å². The molecule has 0 aliphatic carbocycles. The third-order valence-corrected chi connectivity index (χ3v) is 5.48. The molecule has 0 N–H and O–H groups in total.